The number of hydrogen-bond donors (Lipinski definition) is 1. The molecular formula is C16H19BrFNS. The van der Waals surface area contributed by atoms with Crippen molar-refractivity contribution in [1.29, 1.82) is 0 Å². The van der Waals surface area contributed by atoms with Crippen LogP contribution in [0.3, 0.4) is 0 Å². The van der Waals surface area contributed by atoms with Crippen LogP contribution in [0.4, 0.5) is 4.39 Å². The van der Waals surface area contributed by atoms with Gasteiger partial charge in [0, 0.05) is 26.7 Å². The highest BCUT2D eigenvalue weighted by Gasteiger charge is 2.16. The number of rotatable bonds is 6. The van der Waals surface area contributed by atoms with Gasteiger partial charge in [-0.15, -0.1) is 11.3 Å². The Morgan fingerprint density at radius 2 is 1.95 bits per heavy atom. The predicted octanol–water partition coefficient (Wildman–Crippen LogP) is 5.11. The SMILES string of the molecule is CCNC(Cc1ccc(CC)s1)c1cc(F)ccc1Br. The van der Waals surface area contributed by atoms with Crippen molar-refractivity contribution >= 4 is 27.3 Å². The molecule has 2 rings (SSSR count). The van der Waals surface area contributed by atoms with E-state index in [1.807, 2.05) is 11.3 Å². The summed E-state index contributed by atoms with van der Waals surface area (Å²) in [5, 5.41) is 3.45. The van der Waals surface area contributed by atoms with Gasteiger partial charge in [0.05, 0.1) is 0 Å². The molecule has 0 fully saturated rings. The normalized spacial score (nSPS) is 12.6. The standard InChI is InChI=1S/C16H19BrFNS/c1-3-12-6-7-13(20-12)10-16(19-4-2)14-9-11(18)5-8-15(14)17/h5-9,16,19H,3-4,10H2,1-2H3. The maximum atomic E-state index is 13.5. The Balaban J connectivity index is 2.23. The minimum atomic E-state index is -0.188. The topological polar surface area (TPSA) is 12.0 Å². The molecule has 4 heteroatoms. The van der Waals surface area contributed by atoms with Crippen LogP contribution in [0.1, 0.15) is 35.2 Å². The van der Waals surface area contributed by atoms with Crippen LogP contribution in [0.2, 0.25) is 0 Å². The van der Waals surface area contributed by atoms with Crippen molar-refractivity contribution in [1.82, 2.24) is 5.32 Å². The first-order valence-electron chi connectivity index (χ1n) is 6.90. The van der Waals surface area contributed by atoms with Crippen LogP contribution in [0, 0.1) is 5.82 Å². The van der Waals surface area contributed by atoms with Gasteiger partial charge in [-0.25, -0.2) is 4.39 Å². The molecule has 0 saturated carbocycles. The van der Waals surface area contributed by atoms with Crippen LogP contribution in [0.15, 0.2) is 34.8 Å². The van der Waals surface area contributed by atoms with E-state index in [9.17, 15) is 4.39 Å². The second-order valence-corrected chi connectivity index (χ2v) is 6.81. The average Bonchev–Trinajstić information content (AvgIpc) is 2.89. The van der Waals surface area contributed by atoms with Crippen molar-refractivity contribution in [3.05, 3.63) is 55.9 Å². The van der Waals surface area contributed by atoms with Gasteiger partial charge in [-0.1, -0.05) is 29.8 Å². The number of nitrogens with one attached hydrogen (secondary N) is 1. The van der Waals surface area contributed by atoms with Crippen molar-refractivity contribution in [3.8, 4) is 0 Å². The van der Waals surface area contributed by atoms with Gasteiger partial charge in [-0.05, 0) is 48.9 Å². The summed E-state index contributed by atoms with van der Waals surface area (Å²) in [5.74, 6) is -0.188. The molecule has 0 aliphatic carbocycles. The Kier molecular flexibility index (Phi) is 5.75. The maximum absolute atomic E-state index is 13.5. The van der Waals surface area contributed by atoms with Gasteiger partial charge in [0.2, 0.25) is 0 Å². The van der Waals surface area contributed by atoms with Crippen molar-refractivity contribution in [3.63, 3.8) is 0 Å². The third-order valence-electron chi connectivity index (χ3n) is 3.26. The second-order valence-electron chi connectivity index (χ2n) is 4.70. The quantitative estimate of drug-likeness (QED) is 0.759. The van der Waals surface area contributed by atoms with Gasteiger partial charge in [0.25, 0.3) is 0 Å². The summed E-state index contributed by atoms with van der Waals surface area (Å²) >= 11 is 5.37. The molecule has 0 saturated heterocycles. The number of aryl methyl sites for hydroxylation is 1. The lowest BCUT2D eigenvalue weighted by Gasteiger charge is -2.19. The average molecular weight is 356 g/mol. The Hall–Kier alpha value is -0.710. The summed E-state index contributed by atoms with van der Waals surface area (Å²) in [4.78, 5) is 2.73. The van der Waals surface area contributed by atoms with Crippen LogP contribution in [-0.2, 0) is 12.8 Å². The lowest BCUT2D eigenvalue weighted by atomic mass is 10.0. The number of benzene rings is 1. The van der Waals surface area contributed by atoms with E-state index in [1.165, 1.54) is 15.8 Å². The molecular weight excluding hydrogens is 337 g/mol. The van der Waals surface area contributed by atoms with Gasteiger partial charge in [0.1, 0.15) is 5.82 Å². The highest BCUT2D eigenvalue weighted by atomic mass is 79.9. The molecule has 1 atom stereocenters. The zero-order chi connectivity index (χ0) is 14.5. The summed E-state index contributed by atoms with van der Waals surface area (Å²) in [5.41, 5.74) is 0.985. The molecule has 0 bridgehead atoms. The van der Waals surface area contributed by atoms with E-state index in [-0.39, 0.29) is 11.9 Å². The zero-order valence-electron chi connectivity index (χ0n) is 11.7. The monoisotopic (exact) mass is 355 g/mol. The predicted molar refractivity (Wildman–Crippen MR) is 87.9 cm³/mol. The van der Waals surface area contributed by atoms with Crippen LogP contribution in [-0.4, -0.2) is 6.54 Å². The van der Waals surface area contributed by atoms with E-state index in [0.717, 1.165) is 29.4 Å². The summed E-state index contributed by atoms with van der Waals surface area (Å²) in [7, 11) is 0. The van der Waals surface area contributed by atoms with E-state index in [2.05, 4.69) is 47.2 Å². The maximum Gasteiger partial charge on any atom is 0.123 e. The van der Waals surface area contributed by atoms with Gasteiger partial charge in [0.15, 0.2) is 0 Å². The Morgan fingerprint density at radius 3 is 2.60 bits per heavy atom. The van der Waals surface area contributed by atoms with E-state index in [0.29, 0.717) is 0 Å². The second kappa shape index (κ2) is 7.34. The Bertz CT molecular complexity index is 567. The molecule has 1 aromatic carbocycles. The molecule has 0 amide bonds. The molecule has 0 aliphatic rings. The number of thiophene rings is 1. The largest absolute Gasteiger partial charge is 0.310 e. The number of hydrogen-bond acceptors (Lipinski definition) is 2. The van der Waals surface area contributed by atoms with Crippen LogP contribution in [0.5, 0.6) is 0 Å². The zero-order valence-corrected chi connectivity index (χ0v) is 14.2. The molecule has 1 N–H and O–H groups in total. The molecule has 0 spiro atoms. The molecule has 1 aromatic heterocycles. The molecule has 0 aliphatic heterocycles. The highest BCUT2D eigenvalue weighted by molar-refractivity contribution is 9.10. The first-order valence-corrected chi connectivity index (χ1v) is 8.50. The summed E-state index contributed by atoms with van der Waals surface area (Å²) in [6.07, 6.45) is 1.96. The third kappa shape index (κ3) is 3.90. The van der Waals surface area contributed by atoms with Crippen molar-refractivity contribution in [2.45, 2.75) is 32.7 Å². The molecule has 20 heavy (non-hydrogen) atoms. The number of halogens is 2. The highest BCUT2D eigenvalue weighted by Crippen LogP contribution is 2.29. The fraction of sp³-hybridized carbons (Fsp3) is 0.375. The lowest BCUT2D eigenvalue weighted by Crippen LogP contribution is -2.23. The van der Waals surface area contributed by atoms with Gasteiger partial charge >= 0.3 is 0 Å². The van der Waals surface area contributed by atoms with Gasteiger partial charge in [-0.3, -0.25) is 0 Å². The Morgan fingerprint density at radius 1 is 1.20 bits per heavy atom. The van der Waals surface area contributed by atoms with Crippen LogP contribution >= 0.6 is 27.3 Å². The van der Waals surface area contributed by atoms with Crippen molar-refractivity contribution < 1.29 is 4.39 Å². The minimum Gasteiger partial charge on any atom is -0.310 e. The summed E-state index contributed by atoms with van der Waals surface area (Å²) < 4.78 is 14.5. The Labute approximate surface area is 132 Å². The van der Waals surface area contributed by atoms with E-state index in [4.69, 9.17) is 0 Å². The molecule has 1 unspecified atom stereocenters. The van der Waals surface area contributed by atoms with E-state index < -0.39 is 0 Å². The smallest absolute Gasteiger partial charge is 0.123 e. The molecule has 108 valence electrons. The lowest BCUT2D eigenvalue weighted by molar-refractivity contribution is 0.544. The first kappa shape index (κ1) is 15.7. The molecule has 0 radical (unpaired) electrons. The fourth-order valence-corrected chi connectivity index (χ4v) is 3.77. The van der Waals surface area contributed by atoms with Crippen LogP contribution in [0.25, 0.3) is 0 Å². The molecule has 1 nitrogen and oxygen atoms in total. The van der Waals surface area contributed by atoms with Crippen molar-refractivity contribution in [2.75, 3.05) is 6.54 Å². The van der Waals surface area contributed by atoms with E-state index in [1.54, 1.807) is 12.1 Å². The van der Waals surface area contributed by atoms with Gasteiger partial charge in [-0.2, -0.15) is 0 Å². The van der Waals surface area contributed by atoms with Crippen molar-refractivity contribution in [2.24, 2.45) is 0 Å². The summed E-state index contributed by atoms with van der Waals surface area (Å²) in [6.45, 7) is 5.10. The first-order chi connectivity index (χ1) is 9.63. The molecule has 1 heterocycles. The molecule has 2 aromatic rings. The number of likely N-dealkylation sites (N-methyl/N-ethyl adjacent to an activating group) is 1. The van der Waals surface area contributed by atoms with E-state index >= 15 is 0 Å². The third-order valence-corrected chi connectivity index (χ3v) is 5.23. The minimum absolute atomic E-state index is 0.133. The summed E-state index contributed by atoms with van der Waals surface area (Å²) in [6, 6.07) is 9.38. The van der Waals surface area contributed by atoms with Crippen LogP contribution < -0.4 is 5.32 Å². The van der Waals surface area contributed by atoms with Gasteiger partial charge < -0.3 is 5.32 Å². The fourth-order valence-electron chi connectivity index (χ4n) is 2.24.